The van der Waals surface area contributed by atoms with E-state index in [2.05, 4.69) is 10.2 Å². The number of amides is 1. The van der Waals surface area contributed by atoms with E-state index in [-0.39, 0.29) is 12.0 Å². The van der Waals surface area contributed by atoms with Crippen molar-refractivity contribution < 1.29 is 9.90 Å². The summed E-state index contributed by atoms with van der Waals surface area (Å²) in [5.74, 6) is -0.182. The number of carbonyl (C=O) groups excluding carboxylic acids is 1. The Kier molecular flexibility index (Phi) is 4.84. The first-order valence-electron chi connectivity index (χ1n) is 7.72. The van der Waals surface area contributed by atoms with Crippen LogP contribution >= 0.6 is 11.6 Å². The number of rotatable bonds is 3. The molecule has 4 nitrogen and oxygen atoms in total. The topological polar surface area (TPSA) is 52.6 Å². The predicted octanol–water partition coefficient (Wildman–Crippen LogP) is 3.55. The van der Waals surface area contributed by atoms with Gasteiger partial charge in [-0.15, -0.1) is 0 Å². The highest BCUT2D eigenvalue weighted by Crippen LogP contribution is 2.23. The molecule has 1 fully saturated rings. The van der Waals surface area contributed by atoms with Crippen LogP contribution in [0.5, 0.6) is 0 Å². The molecule has 0 aromatic heterocycles. The summed E-state index contributed by atoms with van der Waals surface area (Å²) in [6.45, 7) is 1.68. The molecule has 1 heterocycles. The number of hydrogen-bond acceptors (Lipinski definition) is 3. The van der Waals surface area contributed by atoms with Gasteiger partial charge in [-0.25, -0.2) is 0 Å². The quantitative estimate of drug-likeness (QED) is 0.904. The lowest BCUT2D eigenvalue weighted by Crippen LogP contribution is -2.35. The van der Waals surface area contributed by atoms with E-state index in [9.17, 15) is 9.90 Å². The summed E-state index contributed by atoms with van der Waals surface area (Å²) >= 11 is 6.05. The number of aliphatic hydroxyl groups is 1. The van der Waals surface area contributed by atoms with Gasteiger partial charge in [0, 0.05) is 24.3 Å². The van der Waals surface area contributed by atoms with Crippen molar-refractivity contribution in [3.63, 3.8) is 0 Å². The molecule has 5 heteroatoms. The zero-order chi connectivity index (χ0) is 16.2. The van der Waals surface area contributed by atoms with Gasteiger partial charge in [-0.3, -0.25) is 4.79 Å². The van der Waals surface area contributed by atoms with Gasteiger partial charge in [0.1, 0.15) is 0 Å². The van der Waals surface area contributed by atoms with Crippen LogP contribution in [0.25, 0.3) is 0 Å². The summed E-state index contributed by atoms with van der Waals surface area (Å²) in [7, 11) is 0. The lowest BCUT2D eigenvalue weighted by Gasteiger charge is -2.31. The zero-order valence-corrected chi connectivity index (χ0v) is 13.5. The fourth-order valence-corrected chi connectivity index (χ4v) is 2.89. The highest BCUT2D eigenvalue weighted by Gasteiger charge is 2.17. The van der Waals surface area contributed by atoms with E-state index >= 15 is 0 Å². The molecule has 3 rings (SSSR count). The number of halogens is 1. The second-order valence-corrected chi connectivity index (χ2v) is 6.11. The second-order valence-electron chi connectivity index (χ2n) is 5.70. The molecule has 1 aliphatic rings. The number of aliphatic hydroxyl groups excluding tert-OH is 1. The largest absolute Gasteiger partial charge is 0.393 e. The minimum atomic E-state index is -0.188. The molecule has 0 atom stereocenters. The average Bonchev–Trinajstić information content (AvgIpc) is 2.58. The summed E-state index contributed by atoms with van der Waals surface area (Å²) in [4.78, 5) is 14.5. The van der Waals surface area contributed by atoms with Gasteiger partial charge in [-0.1, -0.05) is 23.7 Å². The number of benzene rings is 2. The third-order valence-corrected chi connectivity index (χ3v) is 4.41. The molecule has 0 aliphatic carbocycles. The van der Waals surface area contributed by atoms with Crippen molar-refractivity contribution >= 4 is 28.9 Å². The highest BCUT2D eigenvalue weighted by molar-refractivity contribution is 6.33. The fraction of sp³-hybridized carbons (Fsp3) is 0.278. The molecule has 1 aliphatic heterocycles. The van der Waals surface area contributed by atoms with E-state index in [4.69, 9.17) is 11.6 Å². The number of para-hydroxylation sites is 1. The number of nitrogens with zero attached hydrogens (tertiary/aromatic N) is 1. The lowest BCUT2D eigenvalue weighted by atomic mass is 10.1. The molecule has 120 valence electrons. The zero-order valence-electron chi connectivity index (χ0n) is 12.7. The molecule has 0 saturated carbocycles. The SMILES string of the molecule is O=C(Nc1ccccc1Cl)c1ccc(N2CCC(O)CC2)cc1. The Morgan fingerprint density at radius 2 is 1.74 bits per heavy atom. The molecule has 0 radical (unpaired) electrons. The van der Waals surface area contributed by atoms with Gasteiger partial charge < -0.3 is 15.3 Å². The van der Waals surface area contributed by atoms with E-state index in [1.165, 1.54) is 0 Å². The van der Waals surface area contributed by atoms with Gasteiger partial charge >= 0.3 is 0 Å². The Morgan fingerprint density at radius 3 is 2.39 bits per heavy atom. The Labute approximate surface area is 140 Å². The van der Waals surface area contributed by atoms with Crippen molar-refractivity contribution in [2.24, 2.45) is 0 Å². The van der Waals surface area contributed by atoms with Crippen LogP contribution < -0.4 is 10.2 Å². The van der Waals surface area contributed by atoms with Gasteiger partial charge in [0.15, 0.2) is 0 Å². The summed E-state index contributed by atoms with van der Waals surface area (Å²) in [6, 6.07) is 14.7. The summed E-state index contributed by atoms with van der Waals surface area (Å²) < 4.78 is 0. The minimum Gasteiger partial charge on any atom is -0.393 e. The highest BCUT2D eigenvalue weighted by atomic mass is 35.5. The van der Waals surface area contributed by atoms with Crippen LogP contribution in [0.3, 0.4) is 0 Å². The molecule has 2 N–H and O–H groups in total. The van der Waals surface area contributed by atoms with E-state index in [1.54, 1.807) is 12.1 Å². The van der Waals surface area contributed by atoms with Gasteiger partial charge in [0.25, 0.3) is 5.91 Å². The van der Waals surface area contributed by atoms with Gasteiger partial charge in [-0.05, 0) is 49.2 Å². The first-order valence-corrected chi connectivity index (χ1v) is 8.10. The lowest BCUT2D eigenvalue weighted by molar-refractivity contribution is 0.102. The minimum absolute atomic E-state index is 0.182. The monoisotopic (exact) mass is 330 g/mol. The van der Waals surface area contributed by atoms with Crippen LogP contribution in [-0.4, -0.2) is 30.2 Å². The van der Waals surface area contributed by atoms with E-state index in [0.717, 1.165) is 31.6 Å². The maximum Gasteiger partial charge on any atom is 0.255 e. The van der Waals surface area contributed by atoms with Gasteiger partial charge in [-0.2, -0.15) is 0 Å². The third-order valence-electron chi connectivity index (χ3n) is 4.08. The van der Waals surface area contributed by atoms with Crippen LogP contribution in [0, 0.1) is 0 Å². The number of hydrogen-bond donors (Lipinski definition) is 2. The Morgan fingerprint density at radius 1 is 1.09 bits per heavy atom. The maximum absolute atomic E-state index is 12.3. The Hall–Kier alpha value is -2.04. The van der Waals surface area contributed by atoms with Crippen LogP contribution in [-0.2, 0) is 0 Å². The number of anilines is 2. The van der Waals surface area contributed by atoms with Crippen LogP contribution in [0.1, 0.15) is 23.2 Å². The van der Waals surface area contributed by atoms with E-state index in [0.29, 0.717) is 16.3 Å². The molecule has 0 spiro atoms. The van der Waals surface area contributed by atoms with Crippen molar-refractivity contribution in [1.29, 1.82) is 0 Å². The van der Waals surface area contributed by atoms with Crippen molar-refractivity contribution in [2.45, 2.75) is 18.9 Å². The van der Waals surface area contributed by atoms with Gasteiger partial charge in [0.05, 0.1) is 16.8 Å². The predicted molar refractivity (Wildman–Crippen MR) is 93.3 cm³/mol. The smallest absolute Gasteiger partial charge is 0.255 e. The molecule has 1 amide bonds. The molecule has 0 unspecified atom stereocenters. The molecular formula is C18H19ClN2O2. The van der Waals surface area contributed by atoms with E-state index in [1.807, 2.05) is 36.4 Å². The first-order chi connectivity index (χ1) is 11.1. The summed E-state index contributed by atoms with van der Waals surface area (Å²) in [6.07, 6.45) is 1.38. The number of nitrogens with one attached hydrogen (secondary N) is 1. The van der Waals surface area contributed by atoms with Gasteiger partial charge in [0.2, 0.25) is 0 Å². The molecule has 23 heavy (non-hydrogen) atoms. The van der Waals surface area contributed by atoms with Crippen molar-refractivity contribution in [1.82, 2.24) is 0 Å². The fourth-order valence-electron chi connectivity index (χ4n) is 2.70. The molecule has 0 bridgehead atoms. The van der Waals surface area contributed by atoms with Crippen molar-refractivity contribution in [3.8, 4) is 0 Å². The average molecular weight is 331 g/mol. The number of piperidine rings is 1. The molecular weight excluding hydrogens is 312 g/mol. The van der Waals surface area contributed by atoms with Crippen molar-refractivity contribution in [3.05, 3.63) is 59.1 Å². The van der Waals surface area contributed by atoms with E-state index < -0.39 is 0 Å². The Balaban J connectivity index is 1.67. The van der Waals surface area contributed by atoms with Crippen LogP contribution in [0.15, 0.2) is 48.5 Å². The standard InChI is InChI=1S/C18H19ClN2O2/c19-16-3-1-2-4-17(16)20-18(23)13-5-7-14(8-6-13)21-11-9-15(22)10-12-21/h1-8,15,22H,9-12H2,(H,20,23). The van der Waals surface area contributed by atoms with Crippen LogP contribution in [0.4, 0.5) is 11.4 Å². The molecule has 1 saturated heterocycles. The normalized spacial score (nSPS) is 15.5. The first kappa shape index (κ1) is 15.8. The molecule has 2 aromatic rings. The third kappa shape index (κ3) is 3.84. The summed E-state index contributed by atoms with van der Waals surface area (Å²) in [5, 5.41) is 12.9. The summed E-state index contributed by atoms with van der Waals surface area (Å²) in [5.41, 5.74) is 2.27. The number of carbonyl (C=O) groups is 1. The van der Waals surface area contributed by atoms with Crippen LogP contribution in [0.2, 0.25) is 5.02 Å². The molecule has 2 aromatic carbocycles. The van der Waals surface area contributed by atoms with Crippen molar-refractivity contribution in [2.75, 3.05) is 23.3 Å². The second kappa shape index (κ2) is 7.02. The maximum atomic E-state index is 12.3. The Bertz CT molecular complexity index is 680.